The van der Waals surface area contributed by atoms with Crippen LogP contribution in [0.2, 0.25) is 0 Å². The number of rotatable bonds is 6. The lowest BCUT2D eigenvalue weighted by Crippen LogP contribution is -2.15. The molecule has 0 aliphatic rings. The fourth-order valence-electron chi connectivity index (χ4n) is 2.98. The van der Waals surface area contributed by atoms with Crippen molar-refractivity contribution in [3.05, 3.63) is 78.7 Å². The molecule has 0 fully saturated rings. The number of aliphatic hydroxyl groups is 1. The lowest BCUT2D eigenvalue weighted by molar-refractivity contribution is -0.111. The SMILES string of the molecule is C=CC(=O)Nc1cccc(-n2c(NC(=O)c3ccno3)nc3cc(CO)ccc32)c1. The van der Waals surface area contributed by atoms with Crippen molar-refractivity contribution in [1.82, 2.24) is 14.7 Å². The van der Waals surface area contributed by atoms with Gasteiger partial charge in [-0.25, -0.2) is 4.98 Å². The van der Waals surface area contributed by atoms with Gasteiger partial charge in [0.05, 0.1) is 29.5 Å². The van der Waals surface area contributed by atoms with Crippen molar-refractivity contribution in [3.8, 4) is 5.69 Å². The molecule has 0 unspecified atom stereocenters. The summed E-state index contributed by atoms with van der Waals surface area (Å²) >= 11 is 0. The standard InChI is InChI=1S/C21H17N5O4/c1-2-19(28)23-14-4-3-5-15(11-14)26-17-7-6-13(12-27)10-16(17)24-21(26)25-20(29)18-8-9-22-30-18/h2-11,27H,1,12H2,(H,23,28)(H,24,25,29). The first-order valence-corrected chi connectivity index (χ1v) is 8.97. The molecule has 0 radical (unpaired) electrons. The van der Waals surface area contributed by atoms with E-state index in [1.807, 2.05) is 6.07 Å². The molecule has 9 heteroatoms. The van der Waals surface area contributed by atoms with Gasteiger partial charge in [-0.1, -0.05) is 23.9 Å². The number of carbonyl (C=O) groups excluding carboxylic acids is 2. The zero-order valence-electron chi connectivity index (χ0n) is 15.7. The van der Waals surface area contributed by atoms with Crippen LogP contribution in [0.15, 0.2) is 71.9 Å². The number of anilines is 2. The van der Waals surface area contributed by atoms with Crippen LogP contribution in [0.4, 0.5) is 11.6 Å². The van der Waals surface area contributed by atoms with E-state index in [-0.39, 0.29) is 24.2 Å². The van der Waals surface area contributed by atoms with Crippen LogP contribution in [0, 0.1) is 0 Å². The first-order chi connectivity index (χ1) is 14.6. The van der Waals surface area contributed by atoms with E-state index in [2.05, 4.69) is 27.4 Å². The maximum absolute atomic E-state index is 12.5. The second kappa shape index (κ2) is 8.02. The Balaban J connectivity index is 1.82. The Hall–Kier alpha value is -4.24. The minimum atomic E-state index is -0.512. The van der Waals surface area contributed by atoms with Crippen LogP contribution in [0.5, 0.6) is 0 Å². The number of fused-ring (bicyclic) bond motifs is 1. The first kappa shape index (κ1) is 19.1. The van der Waals surface area contributed by atoms with Gasteiger partial charge in [-0.05, 0) is 42.0 Å². The molecule has 150 valence electrons. The van der Waals surface area contributed by atoms with Gasteiger partial charge in [0.15, 0.2) is 0 Å². The van der Waals surface area contributed by atoms with Crippen LogP contribution in [0.1, 0.15) is 16.1 Å². The summed E-state index contributed by atoms with van der Waals surface area (Å²) in [6.07, 6.45) is 2.55. The number of aliphatic hydroxyl groups excluding tert-OH is 1. The molecule has 0 atom stereocenters. The summed E-state index contributed by atoms with van der Waals surface area (Å²) in [4.78, 5) is 28.7. The quantitative estimate of drug-likeness (QED) is 0.426. The van der Waals surface area contributed by atoms with E-state index < -0.39 is 5.91 Å². The number of imidazole rings is 1. The minimum Gasteiger partial charge on any atom is -0.392 e. The second-order valence-electron chi connectivity index (χ2n) is 6.33. The monoisotopic (exact) mass is 403 g/mol. The molecule has 9 nitrogen and oxygen atoms in total. The largest absolute Gasteiger partial charge is 0.392 e. The zero-order valence-corrected chi connectivity index (χ0v) is 15.7. The van der Waals surface area contributed by atoms with E-state index in [4.69, 9.17) is 4.52 Å². The van der Waals surface area contributed by atoms with Crippen molar-refractivity contribution in [2.75, 3.05) is 10.6 Å². The van der Waals surface area contributed by atoms with Crippen molar-refractivity contribution >= 4 is 34.5 Å². The van der Waals surface area contributed by atoms with E-state index in [9.17, 15) is 14.7 Å². The van der Waals surface area contributed by atoms with Crippen LogP contribution < -0.4 is 10.6 Å². The lowest BCUT2D eigenvalue weighted by atomic mass is 10.2. The Morgan fingerprint density at radius 1 is 1.17 bits per heavy atom. The minimum absolute atomic E-state index is 0.0386. The van der Waals surface area contributed by atoms with Crippen LogP contribution in [-0.2, 0) is 11.4 Å². The molecule has 3 N–H and O–H groups in total. The highest BCUT2D eigenvalue weighted by molar-refractivity contribution is 6.02. The average molecular weight is 403 g/mol. The molecular weight excluding hydrogens is 386 g/mol. The number of amides is 2. The topological polar surface area (TPSA) is 122 Å². The Kier molecular flexibility index (Phi) is 5.10. The number of benzene rings is 2. The predicted molar refractivity (Wildman–Crippen MR) is 110 cm³/mol. The van der Waals surface area contributed by atoms with Crippen molar-refractivity contribution in [3.63, 3.8) is 0 Å². The lowest BCUT2D eigenvalue weighted by Gasteiger charge is -2.11. The summed E-state index contributed by atoms with van der Waals surface area (Å²) < 4.78 is 6.64. The van der Waals surface area contributed by atoms with Gasteiger partial charge in [-0.3, -0.25) is 19.5 Å². The molecule has 0 spiro atoms. The highest BCUT2D eigenvalue weighted by Gasteiger charge is 2.18. The molecule has 2 aromatic heterocycles. The van der Waals surface area contributed by atoms with Gasteiger partial charge >= 0.3 is 0 Å². The molecule has 30 heavy (non-hydrogen) atoms. The molecule has 0 bridgehead atoms. The van der Waals surface area contributed by atoms with Gasteiger partial charge in [-0.15, -0.1) is 0 Å². The normalized spacial score (nSPS) is 10.7. The number of hydrogen-bond donors (Lipinski definition) is 3. The van der Waals surface area contributed by atoms with Crippen LogP contribution in [0.25, 0.3) is 16.7 Å². The maximum Gasteiger partial charge on any atom is 0.296 e. The summed E-state index contributed by atoms with van der Waals surface area (Å²) in [5.74, 6) is -0.568. The van der Waals surface area contributed by atoms with Crippen LogP contribution in [0.3, 0.4) is 0 Å². The van der Waals surface area contributed by atoms with Gasteiger partial charge in [-0.2, -0.15) is 0 Å². The number of nitrogens with one attached hydrogen (secondary N) is 2. The van der Waals surface area contributed by atoms with E-state index in [0.29, 0.717) is 28.0 Å². The number of nitrogens with zero attached hydrogens (tertiary/aromatic N) is 3. The second-order valence-corrected chi connectivity index (χ2v) is 6.33. The Bertz CT molecular complexity index is 1240. The van der Waals surface area contributed by atoms with E-state index in [1.165, 1.54) is 18.3 Å². The summed E-state index contributed by atoms with van der Waals surface area (Å²) in [7, 11) is 0. The van der Waals surface area contributed by atoms with E-state index in [0.717, 1.165) is 0 Å². The molecule has 2 aromatic carbocycles. The molecule has 2 amide bonds. The highest BCUT2D eigenvalue weighted by atomic mass is 16.5. The highest BCUT2D eigenvalue weighted by Crippen LogP contribution is 2.27. The van der Waals surface area contributed by atoms with Gasteiger partial charge in [0, 0.05) is 11.8 Å². The van der Waals surface area contributed by atoms with Crippen molar-refractivity contribution < 1.29 is 19.2 Å². The molecule has 0 aliphatic heterocycles. The van der Waals surface area contributed by atoms with Gasteiger partial charge in [0.25, 0.3) is 5.91 Å². The van der Waals surface area contributed by atoms with E-state index in [1.54, 1.807) is 41.0 Å². The third-order valence-corrected chi connectivity index (χ3v) is 4.35. The number of hydrogen-bond acceptors (Lipinski definition) is 6. The Morgan fingerprint density at radius 2 is 2.03 bits per heavy atom. The van der Waals surface area contributed by atoms with Crippen molar-refractivity contribution in [1.29, 1.82) is 0 Å². The van der Waals surface area contributed by atoms with Crippen molar-refractivity contribution in [2.45, 2.75) is 6.61 Å². The van der Waals surface area contributed by atoms with Gasteiger partial charge in [0.2, 0.25) is 17.6 Å². The maximum atomic E-state index is 12.5. The molecule has 2 heterocycles. The van der Waals surface area contributed by atoms with Crippen LogP contribution >= 0.6 is 0 Å². The third kappa shape index (κ3) is 3.69. The zero-order chi connectivity index (χ0) is 21.1. The Labute approximate surface area is 170 Å². The summed E-state index contributed by atoms with van der Waals surface area (Å²) in [6, 6.07) is 13.8. The number of carbonyl (C=O) groups is 2. The summed E-state index contributed by atoms with van der Waals surface area (Å²) in [6.45, 7) is 3.32. The summed E-state index contributed by atoms with van der Waals surface area (Å²) in [5.41, 5.74) is 3.18. The van der Waals surface area contributed by atoms with Crippen LogP contribution in [-0.4, -0.2) is 31.6 Å². The fourth-order valence-corrected chi connectivity index (χ4v) is 2.98. The third-order valence-electron chi connectivity index (χ3n) is 4.35. The van der Waals surface area contributed by atoms with Crippen molar-refractivity contribution in [2.24, 2.45) is 0 Å². The molecule has 0 aliphatic carbocycles. The molecule has 0 saturated heterocycles. The molecule has 0 saturated carbocycles. The predicted octanol–water partition coefficient (Wildman–Crippen LogP) is 2.88. The Morgan fingerprint density at radius 3 is 2.77 bits per heavy atom. The average Bonchev–Trinajstić information content (AvgIpc) is 3.41. The first-order valence-electron chi connectivity index (χ1n) is 8.97. The number of aromatic nitrogens is 3. The van der Waals surface area contributed by atoms with E-state index >= 15 is 0 Å². The fraction of sp³-hybridized carbons (Fsp3) is 0.0476. The molecule has 4 aromatic rings. The molecular formula is C21H17N5O4. The molecule has 4 rings (SSSR count). The smallest absolute Gasteiger partial charge is 0.296 e. The van der Waals surface area contributed by atoms with Gasteiger partial charge < -0.3 is 14.9 Å². The van der Waals surface area contributed by atoms with Gasteiger partial charge in [0.1, 0.15) is 0 Å². The summed E-state index contributed by atoms with van der Waals surface area (Å²) in [5, 5.41) is 18.4.